The lowest BCUT2D eigenvalue weighted by atomic mass is 10.0. The van der Waals surface area contributed by atoms with Crippen molar-refractivity contribution in [3.8, 4) is 16.9 Å². The van der Waals surface area contributed by atoms with E-state index in [0.717, 1.165) is 38.7 Å². The number of methoxy groups -OCH3 is 1. The molecule has 5 rings (SSSR count). The highest BCUT2D eigenvalue weighted by Gasteiger charge is 2.33. The molecule has 0 fully saturated rings. The Bertz CT molecular complexity index is 1630. The van der Waals surface area contributed by atoms with Gasteiger partial charge < -0.3 is 4.74 Å². The van der Waals surface area contributed by atoms with Crippen LogP contribution in [0.2, 0.25) is 0 Å². The Morgan fingerprint density at radius 3 is 2.08 bits per heavy atom. The van der Waals surface area contributed by atoms with Crippen molar-refractivity contribution in [1.29, 1.82) is 0 Å². The standard InChI is InChI=1S/C33H23F3O2S2/c1-38-25-16-19-30(40-31-13-6-5-12-29(31)33(34,35)36)28(21-25)22-14-17-26(18-15-22)39-27-11-7-10-24(20-27)32(37)23-8-3-2-4-9-23/h2-21H,1H3. The highest BCUT2D eigenvalue weighted by atomic mass is 32.2. The van der Waals surface area contributed by atoms with Gasteiger partial charge in [0.25, 0.3) is 0 Å². The van der Waals surface area contributed by atoms with Crippen LogP contribution in [0.4, 0.5) is 13.2 Å². The molecule has 0 radical (unpaired) electrons. The molecule has 5 aromatic rings. The largest absolute Gasteiger partial charge is 0.497 e. The fourth-order valence-corrected chi connectivity index (χ4v) is 6.13. The van der Waals surface area contributed by atoms with Crippen LogP contribution in [0.3, 0.4) is 0 Å². The fourth-order valence-electron chi connectivity index (χ4n) is 4.15. The Morgan fingerprint density at radius 1 is 0.650 bits per heavy atom. The molecule has 200 valence electrons. The second-order valence-corrected chi connectivity index (χ2v) is 11.0. The Hall–Kier alpha value is -3.94. The van der Waals surface area contributed by atoms with Crippen LogP contribution in [-0.2, 0) is 6.18 Å². The zero-order valence-electron chi connectivity index (χ0n) is 21.3. The van der Waals surface area contributed by atoms with E-state index in [2.05, 4.69) is 0 Å². The number of hydrogen-bond acceptors (Lipinski definition) is 4. The molecule has 0 bridgehead atoms. The second-order valence-electron chi connectivity index (χ2n) is 8.81. The summed E-state index contributed by atoms with van der Waals surface area (Å²) in [5.41, 5.74) is 2.21. The Kier molecular flexibility index (Phi) is 8.33. The van der Waals surface area contributed by atoms with E-state index in [0.29, 0.717) is 21.8 Å². The van der Waals surface area contributed by atoms with Crippen LogP contribution in [0.25, 0.3) is 11.1 Å². The minimum absolute atomic E-state index is 0.0338. The van der Waals surface area contributed by atoms with Crippen molar-refractivity contribution in [1.82, 2.24) is 0 Å². The molecule has 0 aromatic heterocycles. The Morgan fingerprint density at radius 2 is 1.35 bits per heavy atom. The van der Waals surface area contributed by atoms with E-state index in [1.807, 2.05) is 66.7 Å². The molecule has 0 N–H and O–H groups in total. The third-order valence-corrected chi connectivity index (χ3v) is 8.28. The molecule has 0 atom stereocenters. The summed E-state index contributed by atoms with van der Waals surface area (Å²) >= 11 is 2.61. The Balaban J connectivity index is 1.40. The molecule has 40 heavy (non-hydrogen) atoms. The van der Waals surface area contributed by atoms with E-state index < -0.39 is 11.7 Å². The molecule has 0 aliphatic rings. The summed E-state index contributed by atoms with van der Waals surface area (Å²) < 4.78 is 46.3. The fraction of sp³-hybridized carbons (Fsp3) is 0.0606. The summed E-state index contributed by atoms with van der Waals surface area (Å²) in [6.45, 7) is 0. The Labute approximate surface area is 239 Å². The molecule has 0 unspecified atom stereocenters. The number of ketones is 1. The number of hydrogen-bond donors (Lipinski definition) is 0. The predicted octanol–water partition coefficient (Wildman–Crippen LogP) is 9.91. The third kappa shape index (κ3) is 6.43. The van der Waals surface area contributed by atoms with Gasteiger partial charge in [-0.05, 0) is 65.7 Å². The van der Waals surface area contributed by atoms with Crippen LogP contribution in [0.5, 0.6) is 5.75 Å². The molecule has 0 saturated heterocycles. The van der Waals surface area contributed by atoms with Gasteiger partial charge in [0.1, 0.15) is 5.75 Å². The normalized spacial score (nSPS) is 11.3. The molecule has 0 aliphatic heterocycles. The van der Waals surface area contributed by atoms with Gasteiger partial charge in [0.15, 0.2) is 5.78 Å². The van der Waals surface area contributed by atoms with Gasteiger partial charge in [-0.1, -0.05) is 90.3 Å². The first kappa shape index (κ1) is 27.6. The first-order valence-corrected chi connectivity index (χ1v) is 14.0. The molecule has 0 amide bonds. The smallest absolute Gasteiger partial charge is 0.417 e. The number of carbonyl (C=O) groups excluding carboxylic acids is 1. The molecule has 2 nitrogen and oxygen atoms in total. The lowest BCUT2D eigenvalue weighted by Crippen LogP contribution is -2.06. The zero-order chi connectivity index (χ0) is 28.1. The maximum absolute atomic E-state index is 13.6. The molecule has 5 aromatic carbocycles. The lowest BCUT2D eigenvalue weighted by molar-refractivity contribution is -0.139. The zero-order valence-corrected chi connectivity index (χ0v) is 22.9. The second kappa shape index (κ2) is 12.1. The lowest BCUT2D eigenvalue weighted by Gasteiger charge is -2.15. The van der Waals surface area contributed by atoms with Crippen molar-refractivity contribution in [2.45, 2.75) is 25.8 Å². The molecular weight excluding hydrogens is 549 g/mol. The maximum Gasteiger partial charge on any atom is 0.417 e. The van der Waals surface area contributed by atoms with Gasteiger partial charge in [-0.15, -0.1) is 0 Å². The van der Waals surface area contributed by atoms with E-state index in [4.69, 9.17) is 4.74 Å². The molecule has 0 aliphatic carbocycles. The van der Waals surface area contributed by atoms with Gasteiger partial charge >= 0.3 is 6.18 Å². The van der Waals surface area contributed by atoms with E-state index in [9.17, 15) is 18.0 Å². The highest BCUT2D eigenvalue weighted by Crippen LogP contribution is 2.43. The van der Waals surface area contributed by atoms with Crippen LogP contribution in [0.15, 0.2) is 141 Å². The molecule has 0 spiro atoms. The number of halogens is 3. The summed E-state index contributed by atoms with van der Waals surface area (Å²) in [7, 11) is 1.56. The summed E-state index contributed by atoms with van der Waals surface area (Å²) in [5.74, 6) is 0.579. The van der Waals surface area contributed by atoms with Crippen molar-refractivity contribution < 1.29 is 22.7 Å². The molecule has 0 heterocycles. The molecule has 7 heteroatoms. The van der Waals surface area contributed by atoms with Gasteiger partial charge in [-0.3, -0.25) is 4.79 Å². The van der Waals surface area contributed by atoms with Gasteiger partial charge in [0.05, 0.1) is 12.7 Å². The van der Waals surface area contributed by atoms with Crippen LogP contribution >= 0.6 is 23.5 Å². The first-order valence-electron chi connectivity index (χ1n) is 12.3. The first-order chi connectivity index (χ1) is 19.3. The van der Waals surface area contributed by atoms with E-state index in [1.54, 1.807) is 43.5 Å². The SMILES string of the molecule is COc1ccc(Sc2ccccc2C(F)(F)F)c(-c2ccc(Sc3cccc(C(=O)c4ccccc4)c3)cc2)c1. The minimum Gasteiger partial charge on any atom is -0.497 e. The van der Waals surface area contributed by atoms with Crippen molar-refractivity contribution in [3.05, 3.63) is 138 Å². The molecular formula is C33H23F3O2S2. The van der Waals surface area contributed by atoms with Crippen molar-refractivity contribution in [2.75, 3.05) is 7.11 Å². The van der Waals surface area contributed by atoms with Crippen LogP contribution in [0, 0.1) is 0 Å². The number of ether oxygens (including phenoxy) is 1. The average Bonchev–Trinajstić information content (AvgIpc) is 2.98. The number of carbonyl (C=O) groups is 1. The molecule has 0 saturated carbocycles. The summed E-state index contributed by atoms with van der Waals surface area (Å²) in [6.07, 6.45) is -4.45. The van der Waals surface area contributed by atoms with Crippen molar-refractivity contribution in [3.63, 3.8) is 0 Å². The van der Waals surface area contributed by atoms with E-state index in [-0.39, 0.29) is 10.7 Å². The highest BCUT2D eigenvalue weighted by molar-refractivity contribution is 7.99. The minimum atomic E-state index is -4.45. The van der Waals surface area contributed by atoms with Crippen LogP contribution in [-0.4, -0.2) is 12.9 Å². The van der Waals surface area contributed by atoms with E-state index in [1.165, 1.54) is 23.9 Å². The van der Waals surface area contributed by atoms with Crippen molar-refractivity contribution >= 4 is 29.3 Å². The number of alkyl halides is 3. The van der Waals surface area contributed by atoms with Gasteiger partial charge in [-0.25, -0.2) is 0 Å². The number of rotatable bonds is 8. The average molecular weight is 573 g/mol. The monoisotopic (exact) mass is 572 g/mol. The predicted molar refractivity (Wildman–Crippen MR) is 154 cm³/mol. The van der Waals surface area contributed by atoms with Crippen LogP contribution < -0.4 is 4.74 Å². The topological polar surface area (TPSA) is 26.3 Å². The number of benzene rings is 5. The van der Waals surface area contributed by atoms with Gasteiger partial charge in [-0.2, -0.15) is 13.2 Å². The van der Waals surface area contributed by atoms with Gasteiger partial charge in [0.2, 0.25) is 0 Å². The summed E-state index contributed by atoms with van der Waals surface area (Å²) in [6, 6.07) is 35.4. The maximum atomic E-state index is 13.6. The quantitative estimate of drug-likeness (QED) is 0.173. The van der Waals surface area contributed by atoms with Crippen LogP contribution in [0.1, 0.15) is 21.5 Å². The summed E-state index contributed by atoms with van der Waals surface area (Å²) in [4.78, 5) is 15.6. The third-order valence-electron chi connectivity index (χ3n) is 6.13. The summed E-state index contributed by atoms with van der Waals surface area (Å²) in [5, 5.41) is 0. The van der Waals surface area contributed by atoms with Gasteiger partial charge in [0, 0.05) is 30.7 Å². The van der Waals surface area contributed by atoms with E-state index >= 15 is 0 Å². The van der Waals surface area contributed by atoms with Crippen molar-refractivity contribution in [2.24, 2.45) is 0 Å².